The second-order valence-electron chi connectivity index (χ2n) is 3.45. The van der Waals surface area contributed by atoms with Gasteiger partial charge in [0.1, 0.15) is 0 Å². The van der Waals surface area contributed by atoms with Crippen LogP contribution >= 0.6 is 0 Å². The van der Waals surface area contributed by atoms with Gasteiger partial charge in [-0.15, -0.1) is 0 Å². The van der Waals surface area contributed by atoms with Gasteiger partial charge in [-0.05, 0) is 12.0 Å². The van der Waals surface area contributed by atoms with Gasteiger partial charge in [0.05, 0.1) is 6.04 Å². The standard InChI is InChI=1S/C12H17NO2/c1-10(14)13-12(8-9-15-2)11-6-4-3-5-7-11/h3-7,12H,8-9H2,1-2H3,(H,13,14). The summed E-state index contributed by atoms with van der Waals surface area (Å²) >= 11 is 0. The van der Waals surface area contributed by atoms with Gasteiger partial charge in [-0.25, -0.2) is 0 Å². The van der Waals surface area contributed by atoms with Crippen molar-refractivity contribution in [3.8, 4) is 0 Å². The Morgan fingerprint density at radius 3 is 2.60 bits per heavy atom. The molecule has 0 radical (unpaired) electrons. The molecule has 1 amide bonds. The molecule has 1 N–H and O–H groups in total. The number of rotatable bonds is 5. The molecule has 0 aliphatic rings. The van der Waals surface area contributed by atoms with Gasteiger partial charge >= 0.3 is 0 Å². The molecule has 1 unspecified atom stereocenters. The average Bonchev–Trinajstić information content (AvgIpc) is 2.25. The minimum atomic E-state index is -0.0139. The third-order valence-corrected chi connectivity index (χ3v) is 2.19. The molecule has 0 spiro atoms. The number of carbonyl (C=O) groups excluding carboxylic acids is 1. The maximum absolute atomic E-state index is 11.0. The maximum atomic E-state index is 11.0. The molecule has 1 rings (SSSR count). The number of methoxy groups -OCH3 is 1. The Morgan fingerprint density at radius 2 is 2.07 bits per heavy atom. The predicted molar refractivity (Wildman–Crippen MR) is 59.5 cm³/mol. The number of ether oxygens (including phenoxy) is 1. The van der Waals surface area contributed by atoms with E-state index in [9.17, 15) is 4.79 Å². The molecule has 0 saturated carbocycles. The number of hydrogen-bond donors (Lipinski definition) is 1. The van der Waals surface area contributed by atoms with Gasteiger partial charge in [0, 0.05) is 20.6 Å². The molecule has 1 aromatic carbocycles. The molecule has 0 saturated heterocycles. The van der Waals surface area contributed by atoms with E-state index in [2.05, 4.69) is 5.32 Å². The number of amides is 1. The normalized spacial score (nSPS) is 12.1. The van der Waals surface area contributed by atoms with Crippen molar-refractivity contribution in [2.45, 2.75) is 19.4 Å². The Hall–Kier alpha value is -1.35. The van der Waals surface area contributed by atoms with E-state index in [1.54, 1.807) is 7.11 Å². The first kappa shape index (κ1) is 11.7. The van der Waals surface area contributed by atoms with E-state index < -0.39 is 0 Å². The van der Waals surface area contributed by atoms with Crippen LogP contribution in [0.2, 0.25) is 0 Å². The summed E-state index contributed by atoms with van der Waals surface area (Å²) < 4.78 is 5.02. The first-order valence-corrected chi connectivity index (χ1v) is 5.05. The fraction of sp³-hybridized carbons (Fsp3) is 0.417. The fourth-order valence-electron chi connectivity index (χ4n) is 1.49. The quantitative estimate of drug-likeness (QED) is 0.800. The molecule has 0 aromatic heterocycles. The summed E-state index contributed by atoms with van der Waals surface area (Å²) in [4.78, 5) is 11.0. The van der Waals surface area contributed by atoms with Crippen molar-refractivity contribution in [3.63, 3.8) is 0 Å². The van der Waals surface area contributed by atoms with Gasteiger partial charge in [-0.2, -0.15) is 0 Å². The SMILES string of the molecule is COCCC(NC(C)=O)c1ccccc1. The zero-order valence-corrected chi connectivity index (χ0v) is 9.19. The molecule has 1 aromatic rings. The van der Waals surface area contributed by atoms with Crippen molar-refractivity contribution in [3.05, 3.63) is 35.9 Å². The number of hydrogen-bond acceptors (Lipinski definition) is 2. The first-order valence-electron chi connectivity index (χ1n) is 5.05. The van der Waals surface area contributed by atoms with Crippen LogP contribution in [0.1, 0.15) is 24.9 Å². The van der Waals surface area contributed by atoms with Crippen molar-refractivity contribution >= 4 is 5.91 Å². The molecule has 0 bridgehead atoms. The highest BCUT2D eigenvalue weighted by Crippen LogP contribution is 2.16. The van der Waals surface area contributed by atoms with E-state index in [0.717, 1.165) is 12.0 Å². The third-order valence-electron chi connectivity index (χ3n) is 2.19. The Labute approximate surface area is 90.4 Å². The van der Waals surface area contributed by atoms with Gasteiger partial charge in [0.25, 0.3) is 0 Å². The molecule has 0 heterocycles. The predicted octanol–water partition coefficient (Wildman–Crippen LogP) is 1.90. The second kappa shape index (κ2) is 6.19. The molecular weight excluding hydrogens is 190 g/mol. The molecule has 0 aliphatic carbocycles. The van der Waals surface area contributed by atoms with Crippen LogP contribution in [0.25, 0.3) is 0 Å². The lowest BCUT2D eigenvalue weighted by molar-refractivity contribution is -0.119. The lowest BCUT2D eigenvalue weighted by atomic mass is 10.0. The highest BCUT2D eigenvalue weighted by atomic mass is 16.5. The fourth-order valence-corrected chi connectivity index (χ4v) is 1.49. The van der Waals surface area contributed by atoms with E-state index in [-0.39, 0.29) is 11.9 Å². The molecule has 0 aliphatic heterocycles. The third kappa shape index (κ3) is 4.13. The van der Waals surface area contributed by atoms with Crippen LogP contribution in [-0.4, -0.2) is 19.6 Å². The van der Waals surface area contributed by atoms with Gasteiger partial charge in [-0.1, -0.05) is 30.3 Å². The van der Waals surface area contributed by atoms with Crippen molar-refractivity contribution in [2.24, 2.45) is 0 Å². The molecule has 1 atom stereocenters. The summed E-state index contributed by atoms with van der Waals surface area (Å²) in [6, 6.07) is 9.97. The topological polar surface area (TPSA) is 38.3 Å². The summed E-state index contributed by atoms with van der Waals surface area (Å²) in [5.74, 6) is -0.0139. The monoisotopic (exact) mass is 207 g/mol. The number of carbonyl (C=O) groups is 1. The number of nitrogens with one attached hydrogen (secondary N) is 1. The van der Waals surface area contributed by atoms with Crippen LogP contribution in [0.4, 0.5) is 0 Å². The molecule has 3 nitrogen and oxygen atoms in total. The largest absolute Gasteiger partial charge is 0.385 e. The first-order chi connectivity index (χ1) is 7.24. The summed E-state index contributed by atoms with van der Waals surface area (Å²) in [6.07, 6.45) is 0.792. The van der Waals surface area contributed by atoms with Crippen LogP contribution in [-0.2, 0) is 9.53 Å². The van der Waals surface area contributed by atoms with Gasteiger partial charge < -0.3 is 10.1 Å². The molecule has 3 heteroatoms. The van der Waals surface area contributed by atoms with Crippen LogP contribution in [0, 0.1) is 0 Å². The van der Waals surface area contributed by atoms with Gasteiger partial charge in [0.2, 0.25) is 5.91 Å². The van der Waals surface area contributed by atoms with Gasteiger partial charge in [0.15, 0.2) is 0 Å². The van der Waals surface area contributed by atoms with Crippen LogP contribution < -0.4 is 5.32 Å². The Balaban J connectivity index is 2.67. The van der Waals surface area contributed by atoms with Crippen molar-refractivity contribution in [1.29, 1.82) is 0 Å². The molecule has 82 valence electrons. The lowest BCUT2D eigenvalue weighted by Gasteiger charge is -2.17. The smallest absolute Gasteiger partial charge is 0.217 e. The van der Waals surface area contributed by atoms with Crippen LogP contribution in [0.5, 0.6) is 0 Å². The second-order valence-corrected chi connectivity index (χ2v) is 3.45. The highest BCUT2D eigenvalue weighted by molar-refractivity contribution is 5.73. The Kier molecular flexibility index (Phi) is 4.84. The summed E-state index contributed by atoms with van der Waals surface area (Å²) in [5, 5.41) is 2.91. The Bertz CT molecular complexity index is 298. The zero-order chi connectivity index (χ0) is 11.1. The van der Waals surface area contributed by atoms with E-state index in [1.165, 1.54) is 6.92 Å². The van der Waals surface area contributed by atoms with E-state index >= 15 is 0 Å². The average molecular weight is 207 g/mol. The molecule has 15 heavy (non-hydrogen) atoms. The van der Waals surface area contributed by atoms with E-state index in [0.29, 0.717) is 6.61 Å². The van der Waals surface area contributed by atoms with Crippen molar-refractivity contribution in [1.82, 2.24) is 5.32 Å². The Morgan fingerprint density at radius 1 is 1.40 bits per heavy atom. The van der Waals surface area contributed by atoms with Gasteiger partial charge in [-0.3, -0.25) is 4.79 Å². The minimum absolute atomic E-state index is 0.0139. The highest BCUT2D eigenvalue weighted by Gasteiger charge is 2.11. The van der Waals surface area contributed by atoms with Crippen LogP contribution in [0.15, 0.2) is 30.3 Å². The lowest BCUT2D eigenvalue weighted by Crippen LogP contribution is -2.26. The summed E-state index contributed by atoms with van der Waals surface area (Å²) in [7, 11) is 1.66. The van der Waals surface area contributed by atoms with Crippen molar-refractivity contribution in [2.75, 3.05) is 13.7 Å². The molecular formula is C12H17NO2. The van der Waals surface area contributed by atoms with Crippen LogP contribution in [0.3, 0.4) is 0 Å². The van der Waals surface area contributed by atoms with E-state index in [4.69, 9.17) is 4.74 Å². The summed E-state index contributed by atoms with van der Waals surface area (Å²) in [5.41, 5.74) is 1.12. The van der Waals surface area contributed by atoms with E-state index in [1.807, 2.05) is 30.3 Å². The maximum Gasteiger partial charge on any atom is 0.217 e. The summed E-state index contributed by atoms with van der Waals surface area (Å²) in [6.45, 7) is 2.17. The van der Waals surface area contributed by atoms with Crippen molar-refractivity contribution < 1.29 is 9.53 Å². The number of benzene rings is 1. The molecule has 0 fully saturated rings. The minimum Gasteiger partial charge on any atom is -0.385 e. The zero-order valence-electron chi connectivity index (χ0n) is 9.19.